The number of nitrogens with one attached hydrogen (secondary N) is 1. The minimum absolute atomic E-state index is 0.152. The van der Waals surface area contributed by atoms with Crippen LogP contribution in [0.4, 0.5) is 10.2 Å². The number of hydrogen-bond donors (Lipinski definition) is 1. The average Bonchev–Trinajstić information content (AvgIpc) is 3.17. The molecule has 1 aromatic heterocycles. The van der Waals surface area contributed by atoms with Crippen molar-refractivity contribution < 1.29 is 4.39 Å². The third-order valence-electron chi connectivity index (χ3n) is 4.64. The minimum atomic E-state index is -0.152. The Morgan fingerprint density at radius 1 is 1.33 bits per heavy atom. The van der Waals surface area contributed by atoms with Crippen LogP contribution in [0, 0.1) is 5.82 Å². The summed E-state index contributed by atoms with van der Waals surface area (Å²) < 4.78 is 14.6. The standard InChI is InChI=1S/C16H25FN4/c1-2-18-11-13-5-7-19-16(15(13)17)21-10-6-14(12-21)20-8-3-4-9-20/h5,7,14,18H,2-4,6,8-12H2,1H3. The lowest BCUT2D eigenvalue weighted by molar-refractivity contribution is 0.260. The van der Waals surface area contributed by atoms with Gasteiger partial charge in [-0.1, -0.05) is 6.92 Å². The van der Waals surface area contributed by atoms with Gasteiger partial charge in [-0.05, 0) is 45.0 Å². The molecule has 0 bridgehead atoms. The van der Waals surface area contributed by atoms with Crippen molar-refractivity contribution in [3.8, 4) is 0 Å². The Morgan fingerprint density at radius 2 is 2.14 bits per heavy atom. The van der Waals surface area contributed by atoms with Crippen LogP contribution in [0.5, 0.6) is 0 Å². The molecule has 3 rings (SSSR count). The van der Waals surface area contributed by atoms with E-state index in [-0.39, 0.29) is 5.82 Å². The second kappa shape index (κ2) is 6.71. The van der Waals surface area contributed by atoms with Crippen LogP contribution in [0.3, 0.4) is 0 Å². The van der Waals surface area contributed by atoms with Crippen LogP contribution in [0.25, 0.3) is 0 Å². The lowest BCUT2D eigenvalue weighted by atomic mass is 10.2. The van der Waals surface area contributed by atoms with E-state index in [1.54, 1.807) is 12.3 Å². The van der Waals surface area contributed by atoms with E-state index in [4.69, 9.17) is 0 Å². The van der Waals surface area contributed by atoms with Gasteiger partial charge in [-0.3, -0.25) is 4.90 Å². The number of anilines is 1. The zero-order valence-electron chi connectivity index (χ0n) is 12.8. The second-order valence-corrected chi connectivity index (χ2v) is 6.02. The number of aromatic nitrogens is 1. The summed E-state index contributed by atoms with van der Waals surface area (Å²) in [6.45, 7) is 7.67. The van der Waals surface area contributed by atoms with E-state index in [9.17, 15) is 4.39 Å². The van der Waals surface area contributed by atoms with Crippen molar-refractivity contribution in [3.63, 3.8) is 0 Å². The summed E-state index contributed by atoms with van der Waals surface area (Å²) in [5.74, 6) is 0.382. The summed E-state index contributed by atoms with van der Waals surface area (Å²) in [4.78, 5) is 8.97. The molecule has 1 atom stereocenters. The highest BCUT2D eigenvalue weighted by Gasteiger charge is 2.31. The molecule has 0 radical (unpaired) electrons. The molecule has 0 aromatic carbocycles. The van der Waals surface area contributed by atoms with Gasteiger partial charge < -0.3 is 10.2 Å². The van der Waals surface area contributed by atoms with Gasteiger partial charge in [0.25, 0.3) is 0 Å². The van der Waals surface area contributed by atoms with E-state index >= 15 is 0 Å². The number of hydrogen-bond acceptors (Lipinski definition) is 4. The first-order chi connectivity index (χ1) is 10.3. The molecule has 0 saturated carbocycles. The molecular weight excluding hydrogens is 267 g/mol. The third kappa shape index (κ3) is 3.19. The van der Waals surface area contributed by atoms with Crippen LogP contribution >= 0.6 is 0 Å². The fraction of sp³-hybridized carbons (Fsp3) is 0.688. The largest absolute Gasteiger partial charge is 0.353 e. The van der Waals surface area contributed by atoms with Crippen LogP contribution in [0.1, 0.15) is 31.7 Å². The SMILES string of the molecule is CCNCc1ccnc(N2CCC(N3CCCC3)C2)c1F. The van der Waals surface area contributed by atoms with Gasteiger partial charge in [-0.15, -0.1) is 0 Å². The van der Waals surface area contributed by atoms with Crippen molar-refractivity contribution in [1.29, 1.82) is 0 Å². The Labute approximate surface area is 126 Å². The highest BCUT2D eigenvalue weighted by molar-refractivity contribution is 5.44. The maximum atomic E-state index is 14.6. The molecule has 0 spiro atoms. The normalized spacial score (nSPS) is 23.1. The number of likely N-dealkylation sites (tertiary alicyclic amines) is 1. The number of pyridine rings is 1. The van der Waals surface area contributed by atoms with Gasteiger partial charge >= 0.3 is 0 Å². The number of rotatable bonds is 5. The van der Waals surface area contributed by atoms with Gasteiger partial charge in [0.05, 0.1) is 0 Å². The molecule has 0 amide bonds. The predicted octanol–water partition coefficient (Wildman–Crippen LogP) is 2.00. The smallest absolute Gasteiger partial charge is 0.170 e. The zero-order chi connectivity index (χ0) is 14.7. The van der Waals surface area contributed by atoms with E-state index in [0.29, 0.717) is 24.0 Å². The Bertz CT molecular complexity index is 473. The molecule has 21 heavy (non-hydrogen) atoms. The highest BCUT2D eigenvalue weighted by Crippen LogP contribution is 2.27. The molecule has 1 aromatic rings. The fourth-order valence-electron chi connectivity index (χ4n) is 3.43. The van der Waals surface area contributed by atoms with E-state index < -0.39 is 0 Å². The van der Waals surface area contributed by atoms with Gasteiger partial charge in [0, 0.05) is 37.4 Å². The van der Waals surface area contributed by atoms with Crippen LogP contribution in [-0.2, 0) is 6.54 Å². The molecule has 1 N–H and O–H groups in total. The summed E-state index contributed by atoms with van der Waals surface area (Å²) in [5.41, 5.74) is 0.714. The van der Waals surface area contributed by atoms with Crippen LogP contribution in [-0.4, -0.2) is 48.6 Å². The molecule has 116 valence electrons. The highest BCUT2D eigenvalue weighted by atomic mass is 19.1. The molecule has 2 aliphatic rings. The molecule has 3 heterocycles. The van der Waals surface area contributed by atoms with Crippen molar-refractivity contribution in [2.45, 2.75) is 38.8 Å². The second-order valence-electron chi connectivity index (χ2n) is 6.02. The number of nitrogens with zero attached hydrogens (tertiary/aromatic N) is 3. The van der Waals surface area contributed by atoms with Crippen LogP contribution < -0.4 is 10.2 Å². The Morgan fingerprint density at radius 3 is 2.90 bits per heavy atom. The molecule has 4 nitrogen and oxygen atoms in total. The molecule has 2 saturated heterocycles. The minimum Gasteiger partial charge on any atom is -0.353 e. The summed E-state index contributed by atoms with van der Waals surface area (Å²) in [6, 6.07) is 2.35. The molecule has 2 aliphatic heterocycles. The van der Waals surface area contributed by atoms with E-state index in [0.717, 1.165) is 26.1 Å². The van der Waals surface area contributed by atoms with Gasteiger partial charge in [-0.25, -0.2) is 9.37 Å². The van der Waals surface area contributed by atoms with Gasteiger partial charge in [0.15, 0.2) is 11.6 Å². The van der Waals surface area contributed by atoms with Crippen LogP contribution in [0.2, 0.25) is 0 Å². The predicted molar refractivity (Wildman–Crippen MR) is 83.0 cm³/mol. The first-order valence-electron chi connectivity index (χ1n) is 8.12. The molecule has 1 unspecified atom stereocenters. The Kier molecular flexibility index (Phi) is 4.70. The van der Waals surface area contributed by atoms with Crippen molar-refractivity contribution in [2.75, 3.05) is 37.6 Å². The van der Waals surface area contributed by atoms with Gasteiger partial charge in [0.2, 0.25) is 0 Å². The Balaban J connectivity index is 1.69. The molecule has 5 heteroatoms. The summed E-state index contributed by atoms with van der Waals surface area (Å²) in [7, 11) is 0. The lowest BCUT2D eigenvalue weighted by Crippen LogP contribution is -2.35. The Hall–Kier alpha value is -1.20. The van der Waals surface area contributed by atoms with Crippen molar-refractivity contribution in [1.82, 2.24) is 15.2 Å². The van der Waals surface area contributed by atoms with Crippen molar-refractivity contribution in [3.05, 3.63) is 23.6 Å². The average molecular weight is 292 g/mol. The fourth-order valence-corrected chi connectivity index (χ4v) is 3.43. The first-order valence-corrected chi connectivity index (χ1v) is 8.12. The topological polar surface area (TPSA) is 31.4 Å². The van der Waals surface area contributed by atoms with Crippen molar-refractivity contribution in [2.24, 2.45) is 0 Å². The quantitative estimate of drug-likeness (QED) is 0.899. The van der Waals surface area contributed by atoms with E-state index in [1.807, 2.05) is 6.92 Å². The summed E-state index contributed by atoms with van der Waals surface area (Å²) in [6.07, 6.45) is 5.47. The maximum Gasteiger partial charge on any atom is 0.170 e. The zero-order valence-corrected chi connectivity index (χ0v) is 12.8. The summed E-state index contributed by atoms with van der Waals surface area (Å²) in [5, 5.41) is 3.18. The van der Waals surface area contributed by atoms with E-state index in [2.05, 4.69) is 20.1 Å². The molecule has 2 fully saturated rings. The molecular formula is C16H25FN4. The number of halogens is 1. The lowest BCUT2D eigenvalue weighted by Gasteiger charge is -2.24. The van der Waals surface area contributed by atoms with Crippen LogP contribution in [0.15, 0.2) is 12.3 Å². The maximum absolute atomic E-state index is 14.6. The monoisotopic (exact) mass is 292 g/mol. The van der Waals surface area contributed by atoms with Crippen molar-refractivity contribution >= 4 is 5.82 Å². The van der Waals surface area contributed by atoms with E-state index in [1.165, 1.54) is 25.9 Å². The molecule has 0 aliphatic carbocycles. The first kappa shape index (κ1) is 14.7. The van der Waals surface area contributed by atoms with Gasteiger partial charge in [0.1, 0.15) is 0 Å². The third-order valence-corrected chi connectivity index (χ3v) is 4.64. The van der Waals surface area contributed by atoms with Gasteiger partial charge in [-0.2, -0.15) is 0 Å². The summed E-state index contributed by atoms with van der Waals surface area (Å²) >= 11 is 0.